The van der Waals surface area contributed by atoms with Crippen molar-refractivity contribution in [3.63, 3.8) is 0 Å². The van der Waals surface area contributed by atoms with Crippen LogP contribution in [0.25, 0.3) is 0 Å². The Morgan fingerprint density at radius 1 is 1.31 bits per heavy atom. The second-order valence-corrected chi connectivity index (χ2v) is 8.52. The van der Waals surface area contributed by atoms with Crippen molar-refractivity contribution in [3.05, 3.63) is 23.5 Å². The lowest BCUT2D eigenvalue weighted by Gasteiger charge is -2.34. The van der Waals surface area contributed by atoms with E-state index in [0.29, 0.717) is 30.3 Å². The van der Waals surface area contributed by atoms with Crippen molar-refractivity contribution in [2.24, 2.45) is 17.3 Å². The minimum atomic E-state index is -0.166. The van der Waals surface area contributed by atoms with Crippen molar-refractivity contribution in [1.29, 1.82) is 0 Å². The minimum Gasteiger partial charge on any atom is -0.495 e. The molecule has 0 aromatic carbocycles. The zero-order valence-corrected chi connectivity index (χ0v) is 16.3. The highest BCUT2D eigenvalue weighted by Crippen LogP contribution is 2.35. The third kappa shape index (κ3) is 3.41. The van der Waals surface area contributed by atoms with Crippen molar-refractivity contribution in [3.8, 4) is 5.75 Å². The number of aromatic nitrogens is 1. The molecular weight excluding hydrogens is 330 g/mol. The van der Waals surface area contributed by atoms with Gasteiger partial charge in [0.05, 0.1) is 24.9 Å². The lowest BCUT2D eigenvalue weighted by Crippen LogP contribution is -2.48. The first kappa shape index (κ1) is 18.7. The molecule has 0 spiro atoms. The zero-order chi connectivity index (χ0) is 19.1. The number of amides is 2. The molecule has 1 saturated carbocycles. The summed E-state index contributed by atoms with van der Waals surface area (Å²) in [5, 5.41) is 3.19. The first-order valence-corrected chi connectivity index (χ1v) is 9.31. The first-order chi connectivity index (χ1) is 12.2. The normalized spacial score (nSPS) is 27.0. The van der Waals surface area contributed by atoms with E-state index in [1.165, 1.54) is 0 Å². The molecule has 1 aromatic heterocycles. The molecular formula is C20H29N3O3. The van der Waals surface area contributed by atoms with Gasteiger partial charge in [-0.05, 0) is 25.7 Å². The van der Waals surface area contributed by atoms with Gasteiger partial charge in [0, 0.05) is 36.2 Å². The van der Waals surface area contributed by atoms with Crippen LogP contribution in [0.2, 0.25) is 0 Å². The van der Waals surface area contributed by atoms with Crippen molar-refractivity contribution in [2.75, 3.05) is 20.2 Å². The van der Waals surface area contributed by atoms with Gasteiger partial charge in [0.25, 0.3) is 5.91 Å². The smallest absolute Gasteiger partial charge is 0.255 e. The Kier molecular flexibility index (Phi) is 4.95. The SMILES string of the molecule is COc1cncc(C(=O)N2CC(NC(=O)C3CC(C)C3)C(C)(C)C2)c1C. The number of hydrogen-bond donors (Lipinski definition) is 1. The number of carbonyl (C=O) groups excluding carboxylic acids is 2. The quantitative estimate of drug-likeness (QED) is 0.896. The van der Waals surface area contributed by atoms with E-state index >= 15 is 0 Å². The van der Waals surface area contributed by atoms with E-state index in [2.05, 4.69) is 31.1 Å². The fraction of sp³-hybridized carbons (Fsp3) is 0.650. The van der Waals surface area contributed by atoms with Crippen LogP contribution in [0.4, 0.5) is 0 Å². The van der Waals surface area contributed by atoms with Crippen LogP contribution in [0.3, 0.4) is 0 Å². The highest BCUT2D eigenvalue weighted by atomic mass is 16.5. The number of rotatable bonds is 4. The molecule has 1 saturated heterocycles. The highest BCUT2D eigenvalue weighted by Gasteiger charge is 2.44. The van der Waals surface area contributed by atoms with Crippen molar-refractivity contribution < 1.29 is 14.3 Å². The van der Waals surface area contributed by atoms with E-state index in [1.807, 2.05) is 11.8 Å². The maximum absolute atomic E-state index is 13.0. The Bertz CT molecular complexity index is 710. The molecule has 142 valence electrons. The predicted octanol–water partition coefficient (Wildman–Crippen LogP) is 2.41. The van der Waals surface area contributed by atoms with E-state index < -0.39 is 0 Å². The number of methoxy groups -OCH3 is 1. The van der Waals surface area contributed by atoms with Crippen molar-refractivity contribution in [2.45, 2.75) is 46.6 Å². The Hall–Kier alpha value is -2.11. The molecule has 3 rings (SSSR count). The maximum Gasteiger partial charge on any atom is 0.255 e. The van der Waals surface area contributed by atoms with Gasteiger partial charge in [-0.3, -0.25) is 14.6 Å². The summed E-state index contributed by atoms with van der Waals surface area (Å²) >= 11 is 0. The summed E-state index contributed by atoms with van der Waals surface area (Å²) in [5.41, 5.74) is 1.18. The minimum absolute atomic E-state index is 0.0336. The Morgan fingerprint density at radius 3 is 2.62 bits per heavy atom. The van der Waals surface area contributed by atoms with Gasteiger partial charge in [-0.2, -0.15) is 0 Å². The fourth-order valence-electron chi connectivity index (χ4n) is 4.03. The lowest BCUT2D eigenvalue weighted by atomic mass is 9.75. The third-order valence-corrected chi connectivity index (χ3v) is 5.91. The molecule has 2 heterocycles. The molecule has 1 N–H and O–H groups in total. The average molecular weight is 359 g/mol. The molecule has 1 unspecified atom stereocenters. The van der Waals surface area contributed by atoms with Gasteiger partial charge in [-0.1, -0.05) is 20.8 Å². The molecule has 0 bridgehead atoms. The summed E-state index contributed by atoms with van der Waals surface area (Å²) in [7, 11) is 1.57. The van der Waals surface area contributed by atoms with E-state index in [4.69, 9.17) is 4.74 Å². The molecule has 2 amide bonds. The Balaban J connectivity index is 1.71. The highest BCUT2D eigenvalue weighted by molar-refractivity contribution is 5.96. The Morgan fingerprint density at radius 2 is 2.00 bits per heavy atom. The van der Waals surface area contributed by atoms with Gasteiger partial charge in [-0.25, -0.2) is 0 Å². The summed E-state index contributed by atoms with van der Waals surface area (Å²) < 4.78 is 5.28. The van der Waals surface area contributed by atoms with Gasteiger partial charge in [0.15, 0.2) is 0 Å². The maximum atomic E-state index is 13.0. The molecule has 1 atom stereocenters. The number of nitrogens with one attached hydrogen (secondary N) is 1. The molecule has 2 fully saturated rings. The molecule has 1 aliphatic heterocycles. The largest absolute Gasteiger partial charge is 0.495 e. The third-order valence-electron chi connectivity index (χ3n) is 5.91. The van der Waals surface area contributed by atoms with E-state index in [-0.39, 0.29) is 29.2 Å². The van der Waals surface area contributed by atoms with Crippen molar-refractivity contribution >= 4 is 11.8 Å². The zero-order valence-electron chi connectivity index (χ0n) is 16.3. The van der Waals surface area contributed by atoms with Gasteiger partial charge in [-0.15, -0.1) is 0 Å². The summed E-state index contributed by atoms with van der Waals surface area (Å²) in [6.07, 6.45) is 5.14. The first-order valence-electron chi connectivity index (χ1n) is 9.31. The van der Waals surface area contributed by atoms with Crippen LogP contribution in [0.1, 0.15) is 49.5 Å². The van der Waals surface area contributed by atoms with Gasteiger partial charge in [0.2, 0.25) is 5.91 Å². The number of hydrogen-bond acceptors (Lipinski definition) is 4. The van der Waals surface area contributed by atoms with Crippen LogP contribution < -0.4 is 10.1 Å². The predicted molar refractivity (Wildman–Crippen MR) is 99.0 cm³/mol. The molecule has 6 heteroatoms. The molecule has 26 heavy (non-hydrogen) atoms. The van der Waals surface area contributed by atoms with Crippen LogP contribution in [-0.2, 0) is 4.79 Å². The summed E-state index contributed by atoms with van der Waals surface area (Å²) in [5.74, 6) is 1.46. The molecule has 1 aromatic rings. The van der Waals surface area contributed by atoms with Gasteiger partial charge in [0.1, 0.15) is 5.75 Å². The monoisotopic (exact) mass is 359 g/mol. The topological polar surface area (TPSA) is 71.5 Å². The van der Waals surface area contributed by atoms with Crippen LogP contribution in [0.15, 0.2) is 12.4 Å². The number of ether oxygens (including phenoxy) is 1. The summed E-state index contributed by atoms with van der Waals surface area (Å²) in [4.78, 5) is 31.4. The molecule has 1 aliphatic carbocycles. The second-order valence-electron chi connectivity index (χ2n) is 8.52. The van der Waals surface area contributed by atoms with Gasteiger partial charge >= 0.3 is 0 Å². The van der Waals surface area contributed by atoms with E-state index in [0.717, 1.165) is 18.4 Å². The average Bonchev–Trinajstić information content (AvgIpc) is 2.86. The second kappa shape index (κ2) is 6.89. The standard InChI is InChI=1S/C20H29N3O3/c1-12-6-14(7-12)18(24)22-17-10-23(11-20(17,3)4)19(25)15-8-21-9-16(26-5)13(15)2/h8-9,12,14,17H,6-7,10-11H2,1-5H3,(H,22,24). The van der Waals surface area contributed by atoms with Crippen LogP contribution in [0, 0.1) is 24.2 Å². The number of pyridine rings is 1. The van der Waals surface area contributed by atoms with Gasteiger partial charge < -0.3 is 15.0 Å². The number of nitrogens with zero attached hydrogens (tertiary/aromatic N) is 2. The fourth-order valence-corrected chi connectivity index (χ4v) is 4.03. The lowest BCUT2D eigenvalue weighted by molar-refractivity contribution is -0.130. The summed E-state index contributed by atoms with van der Waals surface area (Å²) in [6.45, 7) is 9.38. The van der Waals surface area contributed by atoms with Crippen LogP contribution >= 0.6 is 0 Å². The number of likely N-dealkylation sites (tertiary alicyclic amines) is 1. The number of carbonyl (C=O) groups is 2. The summed E-state index contributed by atoms with van der Waals surface area (Å²) in [6, 6.07) is -0.0336. The van der Waals surface area contributed by atoms with Crippen LogP contribution in [0.5, 0.6) is 5.75 Å². The van der Waals surface area contributed by atoms with Crippen molar-refractivity contribution in [1.82, 2.24) is 15.2 Å². The molecule has 6 nitrogen and oxygen atoms in total. The van der Waals surface area contributed by atoms with E-state index in [9.17, 15) is 9.59 Å². The molecule has 0 radical (unpaired) electrons. The molecule has 2 aliphatic rings. The van der Waals surface area contributed by atoms with E-state index in [1.54, 1.807) is 19.5 Å². The Labute approximate surface area is 155 Å². The van der Waals surface area contributed by atoms with Crippen LogP contribution in [-0.4, -0.2) is 47.9 Å².